The Kier molecular flexibility index (Phi) is 9.49. The Morgan fingerprint density at radius 1 is 0.878 bits per heavy atom. The average Bonchev–Trinajstić information content (AvgIpc) is 3.00. The topological polar surface area (TPSA) is 118 Å². The summed E-state index contributed by atoms with van der Waals surface area (Å²) in [6, 6.07) is 22.5. The molecule has 41 heavy (non-hydrogen) atoms. The molecular formula is C31H32N6O4. The molecule has 0 saturated carbocycles. The highest BCUT2D eigenvalue weighted by atomic mass is 16.5. The van der Waals surface area contributed by atoms with Gasteiger partial charge in [0.15, 0.2) is 0 Å². The average molecular weight is 553 g/mol. The Bertz CT molecular complexity index is 1490. The summed E-state index contributed by atoms with van der Waals surface area (Å²) < 4.78 is 11.2. The number of rotatable bonds is 11. The second-order valence-corrected chi connectivity index (χ2v) is 9.44. The lowest BCUT2D eigenvalue weighted by Crippen LogP contribution is -2.38. The third-order valence-electron chi connectivity index (χ3n) is 6.44. The Labute approximate surface area is 238 Å². The van der Waals surface area contributed by atoms with Gasteiger partial charge in [0.2, 0.25) is 11.8 Å². The highest BCUT2D eigenvalue weighted by Crippen LogP contribution is 2.28. The molecule has 0 radical (unpaired) electrons. The minimum absolute atomic E-state index is 0.305. The molecule has 3 aromatic carbocycles. The Hall–Kier alpha value is -4.80. The van der Waals surface area contributed by atoms with E-state index in [-0.39, 0.29) is 5.91 Å². The molecule has 1 aliphatic heterocycles. The number of morpholine rings is 1. The van der Waals surface area contributed by atoms with Crippen molar-refractivity contribution in [3.05, 3.63) is 91.3 Å². The van der Waals surface area contributed by atoms with Crippen molar-refractivity contribution in [1.82, 2.24) is 20.2 Å². The maximum absolute atomic E-state index is 12.5. The number of hydrogen-bond acceptors (Lipinski definition) is 8. The van der Waals surface area contributed by atoms with Gasteiger partial charge in [-0.3, -0.25) is 14.5 Å². The molecule has 0 aliphatic carbocycles. The first-order valence-corrected chi connectivity index (χ1v) is 13.5. The van der Waals surface area contributed by atoms with Gasteiger partial charge in [-0.15, -0.1) is 0 Å². The van der Waals surface area contributed by atoms with Crippen LogP contribution < -0.4 is 20.7 Å². The van der Waals surface area contributed by atoms with Crippen LogP contribution in [0.15, 0.2) is 91.3 Å². The molecule has 1 aromatic heterocycles. The number of benzene rings is 3. The number of nitrogens with zero attached hydrogens (tertiary/aromatic N) is 3. The molecule has 210 valence electrons. The number of amides is 2. The number of aromatic nitrogens is 2. The van der Waals surface area contributed by atoms with Crippen LogP contribution in [0.2, 0.25) is 0 Å². The molecule has 0 atom stereocenters. The van der Waals surface area contributed by atoms with Crippen LogP contribution in [0.3, 0.4) is 0 Å². The summed E-state index contributed by atoms with van der Waals surface area (Å²) in [4.78, 5) is 35.6. The fourth-order valence-corrected chi connectivity index (χ4v) is 4.33. The van der Waals surface area contributed by atoms with Gasteiger partial charge in [0.05, 0.1) is 18.7 Å². The molecule has 0 bridgehead atoms. The molecule has 1 aliphatic rings. The van der Waals surface area contributed by atoms with Gasteiger partial charge in [0.1, 0.15) is 23.6 Å². The van der Waals surface area contributed by atoms with Crippen LogP contribution >= 0.6 is 0 Å². The number of fused-ring (bicyclic) bond motifs is 1. The maximum Gasteiger partial charge on any atom is 0.248 e. The number of nitrogens with one attached hydrogen (secondary N) is 3. The van der Waals surface area contributed by atoms with E-state index in [0.717, 1.165) is 61.6 Å². The summed E-state index contributed by atoms with van der Waals surface area (Å²) in [7, 11) is 0. The van der Waals surface area contributed by atoms with Crippen molar-refractivity contribution in [2.75, 3.05) is 50.0 Å². The van der Waals surface area contributed by atoms with Crippen molar-refractivity contribution in [1.29, 1.82) is 0 Å². The zero-order chi connectivity index (χ0) is 28.3. The molecule has 2 amide bonds. The molecule has 10 nitrogen and oxygen atoms in total. The number of ether oxygens (including phenoxy) is 2. The van der Waals surface area contributed by atoms with Gasteiger partial charge in [-0.2, -0.15) is 0 Å². The lowest BCUT2D eigenvalue weighted by atomic mass is 10.2. The van der Waals surface area contributed by atoms with E-state index in [1.807, 2.05) is 54.6 Å². The highest BCUT2D eigenvalue weighted by Gasteiger charge is 2.10. The summed E-state index contributed by atoms with van der Waals surface area (Å²) in [5, 5.41) is 9.65. The molecule has 1 saturated heterocycles. The van der Waals surface area contributed by atoms with E-state index < -0.39 is 5.91 Å². The van der Waals surface area contributed by atoms with Crippen LogP contribution in [-0.2, 0) is 14.3 Å². The number of carbonyl (C=O) groups is 2. The normalized spacial score (nSPS) is 13.7. The second-order valence-electron chi connectivity index (χ2n) is 9.44. The number of carbonyl (C=O) groups excluding carboxylic acids is 2. The van der Waals surface area contributed by atoms with E-state index in [4.69, 9.17) is 9.47 Å². The summed E-state index contributed by atoms with van der Waals surface area (Å²) >= 11 is 0. The van der Waals surface area contributed by atoms with Gasteiger partial charge in [0.25, 0.3) is 0 Å². The first kappa shape index (κ1) is 27.8. The minimum Gasteiger partial charge on any atom is -0.457 e. The van der Waals surface area contributed by atoms with Gasteiger partial charge in [-0.05, 0) is 67.6 Å². The lowest BCUT2D eigenvalue weighted by Gasteiger charge is -2.26. The fourth-order valence-electron chi connectivity index (χ4n) is 4.33. The van der Waals surface area contributed by atoms with E-state index in [1.54, 1.807) is 18.2 Å². The summed E-state index contributed by atoms with van der Waals surface area (Å²) in [6.45, 7) is 4.81. The number of hydrogen-bond donors (Lipinski definition) is 3. The van der Waals surface area contributed by atoms with Crippen LogP contribution in [0, 0.1) is 0 Å². The standard InChI is InChI=1S/C31H32N6O4/c38-29(32-15-4-16-37-17-19-40-20-18-37)13-14-30(39)35-24-9-12-28-27(21-24)31(34-22-33-28)36-23-7-10-26(11-8-23)41-25-5-2-1-3-6-25/h1-3,5-14,21-22H,4,15-20H2,(H,32,38)(H,35,39)(H,33,34,36). The van der Waals surface area contributed by atoms with Crippen molar-refractivity contribution >= 4 is 39.9 Å². The minimum atomic E-state index is -0.409. The van der Waals surface area contributed by atoms with Crippen LogP contribution in [0.1, 0.15) is 6.42 Å². The molecular weight excluding hydrogens is 520 g/mol. The molecule has 1 fully saturated rings. The zero-order valence-electron chi connectivity index (χ0n) is 22.6. The fraction of sp³-hybridized carbons (Fsp3) is 0.226. The predicted octanol–water partition coefficient (Wildman–Crippen LogP) is 4.50. The monoisotopic (exact) mass is 552 g/mol. The maximum atomic E-state index is 12.5. The summed E-state index contributed by atoms with van der Waals surface area (Å²) in [5.41, 5.74) is 2.10. The van der Waals surface area contributed by atoms with Crippen molar-refractivity contribution in [3.63, 3.8) is 0 Å². The molecule has 2 heterocycles. The van der Waals surface area contributed by atoms with Crippen LogP contribution in [0.5, 0.6) is 11.5 Å². The second kappa shape index (κ2) is 14.0. The number of anilines is 3. The molecule has 0 spiro atoms. The van der Waals surface area contributed by atoms with Crippen molar-refractivity contribution in [3.8, 4) is 11.5 Å². The highest BCUT2D eigenvalue weighted by molar-refractivity contribution is 6.04. The molecule has 10 heteroatoms. The van der Waals surface area contributed by atoms with Gasteiger partial charge < -0.3 is 25.4 Å². The van der Waals surface area contributed by atoms with Gasteiger partial charge >= 0.3 is 0 Å². The molecule has 5 rings (SSSR count). The van der Waals surface area contributed by atoms with Crippen LogP contribution in [0.4, 0.5) is 17.2 Å². The smallest absolute Gasteiger partial charge is 0.248 e. The van der Waals surface area contributed by atoms with Crippen LogP contribution in [-0.4, -0.2) is 66.1 Å². The summed E-state index contributed by atoms with van der Waals surface area (Å²) in [6.07, 6.45) is 4.79. The Balaban J connectivity index is 1.14. The first-order chi connectivity index (χ1) is 20.1. The van der Waals surface area contributed by atoms with E-state index in [1.165, 1.54) is 18.5 Å². The zero-order valence-corrected chi connectivity index (χ0v) is 22.6. The summed E-state index contributed by atoms with van der Waals surface area (Å²) in [5.74, 6) is 1.36. The first-order valence-electron chi connectivity index (χ1n) is 13.5. The van der Waals surface area contributed by atoms with E-state index in [2.05, 4.69) is 30.8 Å². The van der Waals surface area contributed by atoms with Gasteiger partial charge in [-0.25, -0.2) is 9.97 Å². The van der Waals surface area contributed by atoms with Gasteiger partial charge in [-0.1, -0.05) is 18.2 Å². The van der Waals surface area contributed by atoms with Gasteiger partial charge in [0, 0.05) is 48.5 Å². The third kappa shape index (κ3) is 8.34. The Morgan fingerprint density at radius 2 is 1.61 bits per heavy atom. The largest absolute Gasteiger partial charge is 0.457 e. The van der Waals surface area contributed by atoms with Crippen molar-refractivity contribution < 1.29 is 19.1 Å². The third-order valence-corrected chi connectivity index (χ3v) is 6.44. The molecule has 4 aromatic rings. The SMILES string of the molecule is O=C(C=CC(=O)Nc1ccc2ncnc(Nc3ccc(Oc4ccccc4)cc3)c2c1)NCCCN1CCOCC1. The van der Waals surface area contributed by atoms with E-state index in [9.17, 15) is 9.59 Å². The Morgan fingerprint density at radius 3 is 2.41 bits per heavy atom. The van der Waals surface area contributed by atoms with Crippen LogP contribution in [0.25, 0.3) is 10.9 Å². The molecule has 3 N–H and O–H groups in total. The van der Waals surface area contributed by atoms with E-state index >= 15 is 0 Å². The van der Waals surface area contributed by atoms with Crippen molar-refractivity contribution in [2.24, 2.45) is 0 Å². The van der Waals surface area contributed by atoms with Crippen molar-refractivity contribution in [2.45, 2.75) is 6.42 Å². The van der Waals surface area contributed by atoms with E-state index in [0.29, 0.717) is 23.8 Å². The lowest BCUT2D eigenvalue weighted by molar-refractivity contribution is -0.117. The number of para-hydroxylation sites is 1. The molecule has 0 unspecified atom stereocenters. The predicted molar refractivity (Wildman–Crippen MR) is 158 cm³/mol. The quantitative estimate of drug-likeness (QED) is 0.184.